The van der Waals surface area contributed by atoms with Crippen LogP contribution in [0.1, 0.15) is 38.7 Å². The lowest BCUT2D eigenvalue weighted by atomic mass is 10.1. The third kappa shape index (κ3) is 5.30. The van der Waals surface area contributed by atoms with Gasteiger partial charge in [-0.15, -0.1) is 0 Å². The fourth-order valence-electron chi connectivity index (χ4n) is 2.95. The lowest BCUT2D eigenvalue weighted by Gasteiger charge is -2.23. The first-order valence-electron chi connectivity index (χ1n) is 9.77. The number of hydrogen-bond donors (Lipinski definition) is 1. The van der Waals surface area contributed by atoms with E-state index < -0.39 is 0 Å². The molecule has 1 aliphatic rings. The molecule has 2 amide bonds. The van der Waals surface area contributed by atoms with Gasteiger partial charge in [-0.1, -0.05) is 55.8 Å². The van der Waals surface area contributed by atoms with Crippen LogP contribution >= 0.6 is 23.4 Å². The number of carbonyl (C=O) groups is 1. The second-order valence-electron chi connectivity index (χ2n) is 6.83. The quantitative estimate of drug-likeness (QED) is 0.577. The molecule has 3 rings (SSSR count). The van der Waals surface area contributed by atoms with E-state index in [1.165, 1.54) is 18.4 Å². The molecule has 0 radical (unpaired) electrons. The number of amides is 2. The van der Waals surface area contributed by atoms with Gasteiger partial charge in [0.1, 0.15) is 0 Å². The van der Waals surface area contributed by atoms with Crippen LogP contribution in [0.2, 0.25) is 5.02 Å². The number of nitrogens with one attached hydrogen (secondary N) is 1. The van der Waals surface area contributed by atoms with Gasteiger partial charge >= 0.3 is 6.03 Å². The molecule has 2 aromatic carbocycles. The summed E-state index contributed by atoms with van der Waals surface area (Å²) in [6, 6.07) is 15.4. The Morgan fingerprint density at radius 2 is 1.89 bits per heavy atom. The molecule has 1 aliphatic heterocycles. The average molecular weight is 416 g/mol. The van der Waals surface area contributed by atoms with E-state index in [9.17, 15) is 4.79 Å². The summed E-state index contributed by atoms with van der Waals surface area (Å²) in [7, 11) is 0. The highest BCUT2D eigenvalue weighted by atomic mass is 35.5. The third-order valence-corrected chi connectivity index (χ3v) is 6.02. The van der Waals surface area contributed by atoms with Gasteiger partial charge < -0.3 is 5.32 Å². The van der Waals surface area contributed by atoms with E-state index in [4.69, 9.17) is 16.6 Å². The number of thioether (sulfide) groups is 1. The van der Waals surface area contributed by atoms with Crippen molar-refractivity contribution in [1.29, 1.82) is 0 Å². The van der Waals surface area contributed by atoms with Crippen LogP contribution in [-0.4, -0.2) is 23.0 Å². The first-order chi connectivity index (χ1) is 13.6. The Kier molecular flexibility index (Phi) is 7.40. The van der Waals surface area contributed by atoms with Gasteiger partial charge in [-0.05, 0) is 61.2 Å². The van der Waals surface area contributed by atoms with Gasteiger partial charge in [-0.3, -0.25) is 4.99 Å². The van der Waals surface area contributed by atoms with Gasteiger partial charge in [0.15, 0.2) is 5.17 Å². The van der Waals surface area contributed by atoms with Crippen LogP contribution in [0.15, 0.2) is 53.5 Å². The molecule has 1 heterocycles. The second-order valence-corrected chi connectivity index (χ2v) is 8.25. The average Bonchev–Trinajstić information content (AvgIpc) is 3.18. The van der Waals surface area contributed by atoms with Crippen molar-refractivity contribution in [3.05, 3.63) is 59.1 Å². The number of aliphatic imine (C=N–C) groups is 1. The normalized spacial score (nSPS) is 16.0. The highest BCUT2D eigenvalue weighted by molar-refractivity contribution is 8.14. The molecule has 6 heteroatoms. The predicted octanol–water partition coefficient (Wildman–Crippen LogP) is 6.60. The fourth-order valence-corrected chi connectivity index (χ4v) is 4.27. The molecule has 0 saturated carbocycles. The maximum absolute atomic E-state index is 13.1. The van der Waals surface area contributed by atoms with Gasteiger partial charge in [0.2, 0.25) is 0 Å². The molecular weight excluding hydrogens is 390 g/mol. The number of halogens is 1. The summed E-state index contributed by atoms with van der Waals surface area (Å²) >= 11 is 7.58. The van der Waals surface area contributed by atoms with E-state index in [2.05, 4.69) is 31.3 Å². The first kappa shape index (κ1) is 20.7. The second kappa shape index (κ2) is 9.99. The van der Waals surface area contributed by atoms with Crippen molar-refractivity contribution in [2.24, 2.45) is 4.99 Å². The van der Waals surface area contributed by atoms with E-state index in [1.54, 1.807) is 40.9 Å². The van der Waals surface area contributed by atoms with Gasteiger partial charge in [0, 0.05) is 16.5 Å². The molecule has 0 spiro atoms. The molecule has 1 atom stereocenters. The molecule has 0 aromatic heterocycles. The monoisotopic (exact) mass is 415 g/mol. The minimum Gasteiger partial charge on any atom is -0.307 e. The smallest absolute Gasteiger partial charge is 0.307 e. The summed E-state index contributed by atoms with van der Waals surface area (Å²) in [5, 5.41) is 4.35. The van der Waals surface area contributed by atoms with E-state index >= 15 is 0 Å². The molecule has 1 N–H and O–H groups in total. The molecule has 1 unspecified atom stereocenters. The molecular formula is C22H26ClN3OS. The number of carbonyl (C=O) groups excluding carboxylic acids is 1. The van der Waals surface area contributed by atoms with Gasteiger partial charge in [-0.25, -0.2) is 9.69 Å². The van der Waals surface area contributed by atoms with Crippen LogP contribution in [-0.2, 0) is 6.42 Å². The lowest BCUT2D eigenvalue weighted by Crippen LogP contribution is -2.38. The van der Waals surface area contributed by atoms with Crippen LogP contribution < -0.4 is 10.2 Å². The summed E-state index contributed by atoms with van der Waals surface area (Å²) in [6.45, 7) is 4.31. The number of benzene rings is 2. The lowest BCUT2D eigenvalue weighted by molar-refractivity contribution is 0.259. The van der Waals surface area contributed by atoms with Gasteiger partial charge in [-0.2, -0.15) is 0 Å². The van der Waals surface area contributed by atoms with Crippen molar-refractivity contribution >= 4 is 45.9 Å². The molecule has 4 nitrogen and oxygen atoms in total. The Balaban J connectivity index is 1.84. The van der Waals surface area contributed by atoms with Gasteiger partial charge in [0.25, 0.3) is 0 Å². The Bertz CT molecular complexity index is 821. The van der Waals surface area contributed by atoms with Crippen LogP contribution in [0.4, 0.5) is 16.2 Å². The zero-order chi connectivity index (χ0) is 19.9. The van der Waals surface area contributed by atoms with Crippen molar-refractivity contribution in [1.82, 2.24) is 0 Å². The minimum absolute atomic E-state index is 0.216. The molecule has 0 aliphatic carbocycles. The predicted molar refractivity (Wildman–Crippen MR) is 122 cm³/mol. The first-order valence-corrected chi connectivity index (χ1v) is 11.1. The Labute approximate surface area is 176 Å². The SMILES string of the molecule is CCCCc1ccc(N(C(=O)Nc2ccc(Cl)cc2)C2=NC(CC)CS2)cc1. The van der Waals surface area contributed by atoms with E-state index in [-0.39, 0.29) is 12.1 Å². The highest BCUT2D eigenvalue weighted by Gasteiger charge is 2.27. The van der Waals surface area contributed by atoms with E-state index in [0.29, 0.717) is 10.7 Å². The van der Waals surface area contributed by atoms with Crippen molar-refractivity contribution in [3.63, 3.8) is 0 Å². The Morgan fingerprint density at radius 3 is 2.50 bits per heavy atom. The van der Waals surface area contributed by atoms with Crippen molar-refractivity contribution in [2.45, 2.75) is 45.6 Å². The molecule has 0 fully saturated rings. The topological polar surface area (TPSA) is 44.7 Å². The molecule has 28 heavy (non-hydrogen) atoms. The number of anilines is 2. The standard InChI is InChI=1S/C22H26ClN3OS/c1-3-5-6-16-7-13-20(14-8-16)26(22-25-18(4-2)15-28-22)21(27)24-19-11-9-17(23)10-12-19/h7-14,18H,3-6,15H2,1-2H3,(H,24,27). The summed E-state index contributed by atoms with van der Waals surface area (Å²) in [5.74, 6) is 0.908. The van der Waals surface area contributed by atoms with Crippen LogP contribution in [0, 0.1) is 0 Å². The van der Waals surface area contributed by atoms with Crippen LogP contribution in [0.5, 0.6) is 0 Å². The van der Waals surface area contributed by atoms with E-state index in [0.717, 1.165) is 29.4 Å². The largest absolute Gasteiger partial charge is 0.332 e. The van der Waals surface area contributed by atoms with Crippen LogP contribution in [0.3, 0.4) is 0 Å². The van der Waals surface area contributed by atoms with Crippen molar-refractivity contribution in [3.8, 4) is 0 Å². The number of nitrogens with zero attached hydrogens (tertiary/aromatic N) is 2. The molecule has 0 bridgehead atoms. The Morgan fingerprint density at radius 1 is 1.18 bits per heavy atom. The molecule has 2 aromatic rings. The Hall–Kier alpha value is -1.98. The zero-order valence-corrected chi connectivity index (χ0v) is 17.9. The maximum Gasteiger partial charge on any atom is 0.332 e. The fraction of sp³-hybridized carbons (Fsp3) is 0.364. The number of hydrogen-bond acceptors (Lipinski definition) is 3. The minimum atomic E-state index is -0.216. The number of amidine groups is 1. The number of urea groups is 1. The van der Waals surface area contributed by atoms with Crippen molar-refractivity contribution < 1.29 is 4.79 Å². The zero-order valence-electron chi connectivity index (χ0n) is 16.3. The number of rotatable bonds is 6. The third-order valence-electron chi connectivity index (χ3n) is 4.67. The van der Waals surface area contributed by atoms with E-state index in [1.807, 2.05) is 12.1 Å². The number of unbranched alkanes of at least 4 members (excludes halogenated alkanes) is 1. The molecule has 148 valence electrons. The summed E-state index contributed by atoms with van der Waals surface area (Å²) < 4.78 is 0. The highest BCUT2D eigenvalue weighted by Crippen LogP contribution is 2.28. The molecule has 0 saturated heterocycles. The summed E-state index contributed by atoms with van der Waals surface area (Å²) in [4.78, 5) is 19.6. The van der Waals surface area contributed by atoms with Crippen LogP contribution in [0.25, 0.3) is 0 Å². The van der Waals surface area contributed by atoms with Crippen molar-refractivity contribution in [2.75, 3.05) is 16.0 Å². The summed E-state index contributed by atoms with van der Waals surface area (Å²) in [6.07, 6.45) is 4.37. The number of aryl methyl sites for hydroxylation is 1. The summed E-state index contributed by atoms with van der Waals surface area (Å²) in [5.41, 5.74) is 2.82. The van der Waals surface area contributed by atoms with Gasteiger partial charge in [0.05, 0.1) is 11.7 Å². The maximum atomic E-state index is 13.1.